The van der Waals surface area contributed by atoms with Crippen LogP contribution in [-0.4, -0.2) is 25.7 Å². The van der Waals surface area contributed by atoms with Crippen molar-refractivity contribution in [2.24, 2.45) is 5.92 Å². The largest absolute Gasteiger partial charge is 0.497 e. The number of nitrogens with one attached hydrogen (secondary N) is 1. The Morgan fingerprint density at radius 1 is 1.25 bits per heavy atom. The van der Waals surface area contributed by atoms with Crippen molar-refractivity contribution >= 4 is 5.91 Å². The molecule has 4 nitrogen and oxygen atoms in total. The molecule has 1 aromatic carbocycles. The number of amides is 1. The van der Waals surface area contributed by atoms with E-state index in [0.29, 0.717) is 6.61 Å². The highest BCUT2D eigenvalue weighted by atomic mass is 16.5. The summed E-state index contributed by atoms with van der Waals surface area (Å²) in [5.41, 5.74) is 0. The molecule has 1 aliphatic rings. The molecule has 1 unspecified atom stereocenters. The molecule has 20 heavy (non-hydrogen) atoms. The van der Waals surface area contributed by atoms with E-state index < -0.39 is 0 Å². The van der Waals surface area contributed by atoms with Gasteiger partial charge in [0.2, 0.25) is 5.91 Å². The molecule has 1 aromatic rings. The molecule has 1 amide bonds. The molecule has 0 aromatic heterocycles. The fourth-order valence-electron chi connectivity index (χ4n) is 2.48. The van der Waals surface area contributed by atoms with Crippen LogP contribution < -0.4 is 14.8 Å². The number of hydrogen-bond donors (Lipinski definition) is 1. The highest BCUT2D eigenvalue weighted by Crippen LogP contribution is 2.24. The van der Waals surface area contributed by atoms with Crippen LogP contribution in [0.15, 0.2) is 24.3 Å². The van der Waals surface area contributed by atoms with Gasteiger partial charge in [0.15, 0.2) is 0 Å². The van der Waals surface area contributed by atoms with Gasteiger partial charge in [-0.3, -0.25) is 4.79 Å². The lowest BCUT2D eigenvalue weighted by Gasteiger charge is -2.17. The van der Waals surface area contributed by atoms with Crippen LogP contribution in [-0.2, 0) is 4.79 Å². The number of carbonyl (C=O) groups is 1. The van der Waals surface area contributed by atoms with Crippen LogP contribution in [0.1, 0.15) is 32.6 Å². The second-order valence-electron chi connectivity index (χ2n) is 5.38. The third kappa shape index (κ3) is 4.15. The Hall–Kier alpha value is -1.71. The summed E-state index contributed by atoms with van der Waals surface area (Å²) in [7, 11) is 1.64. The molecule has 2 rings (SSSR count). The van der Waals surface area contributed by atoms with Gasteiger partial charge in [0.25, 0.3) is 0 Å². The van der Waals surface area contributed by atoms with Crippen molar-refractivity contribution in [2.45, 2.75) is 38.6 Å². The average Bonchev–Trinajstić information content (AvgIpc) is 3.00. The van der Waals surface area contributed by atoms with Crippen LogP contribution in [0, 0.1) is 5.92 Å². The standard InChI is InChI=1S/C16H23NO3/c1-12(17-16(18)13-5-3-4-6-13)11-20-15-9-7-14(19-2)8-10-15/h7-10,12-13H,3-6,11H2,1-2H3,(H,17,18). The fourth-order valence-corrected chi connectivity index (χ4v) is 2.48. The van der Waals surface area contributed by atoms with E-state index in [1.165, 1.54) is 12.8 Å². The van der Waals surface area contributed by atoms with Crippen molar-refractivity contribution in [1.82, 2.24) is 5.32 Å². The molecule has 1 N–H and O–H groups in total. The zero-order valence-electron chi connectivity index (χ0n) is 12.2. The molecule has 1 atom stereocenters. The van der Waals surface area contributed by atoms with Crippen molar-refractivity contribution < 1.29 is 14.3 Å². The molecule has 0 saturated heterocycles. The Labute approximate surface area is 120 Å². The maximum Gasteiger partial charge on any atom is 0.223 e. The second kappa shape index (κ2) is 7.17. The first-order valence-corrected chi connectivity index (χ1v) is 7.26. The highest BCUT2D eigenvalue weighted by molar-refractivity contribution is 5.79. The van der Waals surface area contributed by atoms with Gasteiger partial charge in [-0.1, -0.05) is 12.8 Å². The van der Waals surface area contributed by atoms with Gasteiger partial charge in [-0.25, -0.2) is 0 Å². The lowest BCUT2D eigenvalue weighted by Crippen LogP contribution is -2.39. The number of ether oxygens (including phenoxy) is 2. The number of methoxy groups -OCH3 is 1. The molecular formula is C16H23NO3. The SMILES string of the molecule is COc1ccc(OCC(C)NC(=O)C2CCCC2)cc1. The van der Waals surface area contributed by atoms with E-state index in [1.54, 1.807) is 7.11 Å². The van der Waals surface area contributed by atoms with Crippen LogP contribution in [0.25, 0.3) is 0 Å². The first kappa shape index (κ1) is 14.7. The quantitative estimate of drug-likeness (QED) is 0.869. The van der Waals surface area contributed by atoms with Crippen molar-refractivity contribution in [3.8, 4) is 11.5 Å². The lowest BCUT2D eigenvalue weighted by molar-refractivity contribution is -0.125. The van der Waals surface area contributed by atoms with Crippen LogP contribution >= 0.6 is 0 Å². The highest BCUT2D eigenvalue weighted by Gasteiger charge is 2.23. The lowest BCUT2D eigenvalue weighted by atomic mass is 10.1. The van der Waals surface area contributed by atoms with Gasteiger partial charge < -0.3 is 14.8 Å². The van der Waals surface area contributed by atoms with Crippen molar-refractivity contribution in [3.63, 3.8) is 0 Å². The molecule has 110 valence electrons. The van der Waals surface area contributed by atoms with Crippen molar-refractivity contribution in [3.05, 3.63) is 24.3 Å². The fraction of sp³-hybridized carbons (Fsp3) is 0.562. The minimum atomic E-state index is 0.0187. The van der Waals surface area contributed by atoms with E-state index in [9.17, 15) is 4.79 Å². The second-order valence-corrected chi connectivity index (χ2v) is 5.38. The van der Waals surface area contributed by atoms with Gasteiger partial charge in [-0.2, -0.15) is 0 Å². The molecule has 1 fully saturated rings. The molecular weight excluding hydrogens is 254 g/mol. The number of hydrogen-bond acceptors (Lipinski definition) is 3. The van der Waals surface area contributed by atoms with Gasteiger partial charge in [0, 0.05) is 5.92 Å². The van der Waals surface area contributed by atoms with Gasteiger partial charge in [0.1, 0.15) is 18.1 Å². The van der Waals surface area contributed by atoms with Crippen LogP contribution in [0.3, 0.4) is 0 Å². The molecule has 0 heterocycles. The summed E-state index contributed by atoms with van der Waals surface area (Å²) in [5, 5.41) is 3.03. The summed E-state index contributed by atoms with van der Waals surface area (Å²) in [6, 6.07) is 7.47. The average molecular weight is 277 g/mol. The smallest absolute Gasteiger partial charge is 0.223 e. The molecule has 0 bridgehead atoms. The molecule has 0 radical (unpaired) electrons. The molecule has 1 aliphatic carbocycles. The molecule has 0 aliphatic heterocycles. The molecule has 0 spiro atoms. The summed E-state index contributed by atoms with van der Waals surface area (Å²) >= 11 is 0. The monoisotopic (exact) mass is 277 g/mol. The number of carbonyl (C=O) groups excluding carboxylic acids is 1. The van der Waals surface area contributed by atoms with Gasteiger partial charge in [-0.05, 0) is 44.0 Å². The molecule has 4 heteroatoms. The Bertz CT molecular complexity index is 424. The summed E-state index contributed by atoms with van der Waals surface area (Å²) in [5.74, 6) is 1.97. The van der Waals surface area contributed by atoms with Crippen LogP contribution in [0.2, 0.25) is 0 Å². The Morgan fingerprint density at radius 3 is 2.45 bits per heavy atom. The minimum absolute atomic E-state index is 0.0187. The van der Waals surface area contributed by atoms with Gasteiger partial charge in [-0.15, -0.1) is 0 Å². The minimum Gasteiger partial charge on any atom is -0.497 e. The Balaban J connectivity index is 1.73. The normalized spacial score (nSPS) is 16.7. The third-order valence-corrected chi connectivity index (χ3v) is 3.67. The van der Waals surface area contributed by atoms with E-state index in [1.807, 2.05) is 31.2 Å². The van der Waals surface area contributed by atoms with Gasteiger partial charge in [0.05, 0.1) is 13.2 Å². The summed E-state index contributed by atoms with van der Waals surface area (Å²) in [6.45, 7) is 2.45. The predicted molar refractivity (Wildman–Crippen MR) is 78.1 cm³/mol. The predicted octanol–water partition coefficient (Wildman–Crippen LogP) is 2.77. The summed E-state index contributed by atoms with van der Waals surface area (Å²) < 4.78 is 10.8. The third-order valence-electron chi connectivity index (χ3n) is 3.67. The maximum atomic E-state index is 12.0. The van der Waals surface area contributed by atoms with Crippen molar-refractivity contribution in [1.29, 1.82) is 0 Å². The zero-order chi connectivity index (χ0) is 14.4. The maximum absolute atomic E-state index is 12.0. The summed E-state index contributed by atoms with van der Waals surface area (Å²) in [4.78, 5) is 12.0. The van der Waals surface area contributed by atoms with E-state index in [2.05, 4.69) is 5.32 Å². The van der Waals surface area contributed by atoms with Crippen LogP contribution in [0.4, 0.5) is 0 Å². The first-order valence-electron chi connectivity index (χ1n) is 7.26. The Morgan fingerprint density at radius 2 is 1.85 bits per heavy atom. The number of rotatable bonds is 6. The first-order chi connectivity index (χ1) is 9.69. The number of benzene rings is 1. The van der Waals surface area contributed by atoms with E-state index in [4.69, 9.17) is 9.47 Å². The Kier molecular flexibility index (Phi) is 5.27. The van der Waals surface area contributed by atoms with E-state index in [-0.39, 0.29) is 17.9 Å². The van der Waals surface area contributed by atoms with Gasteiger partial charge >= 0.3 is 0 Å². The zero-order valence-corrected chi connectivity index (χ0v) is 12.2. The molecule has 1 saturated carbocycles. The summed E-state index contributed by atoms with van der Waals surface area (Å²) in [6.07, 6.45) is 4.40. The topological polar surface area (TPSA) is 47.6 Å². The van der Waals surface area contributed by atoms with E-state index in [0.717, 1.165) is 24.3 Å². The van der Waals surface area contributed by atoms with E-state index >= 15 is 0 Å². The van der Waals surface area contributed by atoms with Crippen molar-refractivity contribution in [2.75, 3.05) is 13.7 Å². The van der Waals surface area contributed by atoms with Crippen LogP contribution in [0.5, 0.6) is 11.5 Å².